The highest BCUT2D eigenvalue weighted by Crippen LogP contribution is 2.25. The Bertz CT molecular complexity index is 496. The molecule has 0 unspecified atom stereocenters. The zero-order valence-electron chi connectivity index (χ0n) is 13.7. The van der Waals surface area contributed by atoms with Gasteiger partial charge in [0.15, 0.2) is 0 Å². The van der Waals surface area contributed by atoms with Crippen LogP contribution in [0.4, 0.5) is 5.69 Å². The first-order chi connectivity index (χ1) is 9.81. The molecule has 0 spiro atoms. The van der Waals surface area contributed by atoms with E-state index in [0.29, 0.717) is 17.2 Å². The molecule has 0 bridgehead atoms. The molecule has 0 heterocycles. The van der Waals surface area contributed by atoms with Crippen LogP contribution >= 0.6 is 15.9 Å². The van der Waals surface area contributed by atoms with E-state index in [2.05, 4.69) is 43.6 Å². The lowest BCUT2D eigenvalue weighted by Crippen LogP contribution is -2.42. The summed E-state index contributed by atoms with van der Waals surface area (Å²) in [5, 5.41) is 0. The molecule has 0 atom stereocenters. The fourth-order valence-corrected chi connectivity index (χ4v) is 3.07. The number of benzene rings is 1. The number of carbonyl (C=O) groups is 1. The molecule has 0 radical (unpaired) electrons. The number of rotatable bonds is 6. The molecule has 0 aromatic heterocycles. The first kappa shape index (κ1) is 18.0. The fourth-order valence-electron chi connectivity index (χ4n) is 2.60. The Morgan fingerprint density at radius 3 is 2.33 bits per heavy atom. The number of hydrogen-bond acceptors (Lipinski definition) is 2. The second kappa shape index (κ2) is 7.83. The average molecular weight is 355 g/mol. The first-order valence-corrected chi connectivity index (χ1v) is 8.47. The highest BCUT2D eigenvalue weighted by molar-refractivity contribution is 9.10. The van der Waals surface area contributed by atoms with Crippen LogP contribution in [-0.4, -0.2) is 23.4 Å². The summed E-state index contributed by atoms with van der Waals surface area (Å²) in [5.41, 5.74) is 8.22. The molecule has 1 rings (SSSR count). The van der Waals surface area contributed by atoms with E-state index in [4.69, 9.17) is 5.73 Å². The van der Waals surface area contributed by atoms with E-state index in [1.807, 2.05) is 24.0 Å². The number of nitrogens with two attached hydrogens (primary N) is 1. The van der Waals surface area contributed by atoms with Gasteiger partial charge in [0.1, 0.15) is 0 Å². The highest BCUT2D eigenvalue weighted by Gasteiger charge is 2.25. The topological polar surface area (TPSA) is 46.3 Å². The van der Waals surface area contributed by atoms with Crippen LogP contribution in [0.2, 0.25) is 0 Å². The van der Waals surface area contributed by atoms with Gasteiger partial charge in [0.05, 0.1) is 0 Å². The van der Waals surface area contributed by atoms with Gasteiger partial charge in [-0.05, 0) is 43.4 Å². The molecule has 21 heavy (non-hydrogen) atoms. The second-order valence-electron chi connectivity index (χ2n) is 5.99. The van der Waals surface area contributed by atoms with Crippen molar-refractivity contribution in [1.82, 2.24) is 4.90 Å². The van der Waals surface area contributed by atoms with E-state index in [1.165, 1.54) is 0 Å². The van der Waals surface area contributed by atoms with Crippen molar-refractivity contribution in [3.05, 3.63) is 27.7 Å². The van der Waals surface area contributed by atoms with Gasteiger partial charge in [-0.25, -0.2) is 0 Å². The lowest BCUT2D eigenvalue weighted by Gasteiger charge is -2.32. The molecule has 1 amide bonds. The van der Waals surface area contributed by atoms with Gasteiger partial charge in [0.2, 0.25) is 0 Å². The van der Waals surface area contributed by atoms with Crippen molar-refractivity contribution >= 4 is 27.5 Å². The van der Waals surface area contributed by atoms with Crippen molar-refractivity contribution in [3.63, 3.8) is 0 Å². The molecule has 3 nitrogen and oxygen atoms in total. The third kappa shape index (κ3) is 4.47. The molecule has 0 saturated carbocycles. The molecule has 0 aliphatic carbocycles. The molecule has 1 aromatic rings. The monoisotopic (exact) mass is 354 g/mol. The van der Waals surface area contributed by atoms with Crippen molar-refractivity contribution < 1.29 is 4.79 Å². The summed E-state index contributed by atoms with van der Waals surface area (Å²) < 4.78 is 0.850. The number of hydrogen-bond donors (Lipinski definition) is 1. The van der Waals surface area contributed by atoms with Gasteiger partial charge in [-0.1, -0.05) is 43.6 Å². The molecular weight excluding hydrogens is 328 g/mol. The summed E-state index contributed by atoms with van der Waals surface area (Å²) in [6.07, 6.45) is 1.94. The molecule has 1 aromatic carbocycles. The van der Waals surface area contributed by atoms with Crippen LogP contribution in [0, 0.1) is 12.8 Å². The lowest BCUT2D eigenvalue weighted by atomic mass is 10.0. The zero-order valence-corrected chi connectivity index (χ0v) is 15.3. The molecular formula is C17H27BrN2O. The maximum Gasteiger partial charge on any atom is 0.254 e. The summed E-state index contributed by atoms with van der Waals surface area (Å²) >= 11 is 3.44. The lowest BCUT2D eigenvalue weighted by molar-refractivity contribution is 0.0639. The normalized spacial score (nSPS) is 11.2. The summed E-state index contributed by atoms with van der Waals surface area (Å²) in [7, 11) is 0. The predicted molar refractivity (Wildman–Crippen MR) is 93.5 cm³/mol. The predicted octanol–water partition coefficient (Wildman–Crippen LogP) is 4.63. The Hall–Kier alpha value is -1.03. The molecule has 118 valence electrons. The number of halogens is 1. The minimum atomic E-state index is 0.0860. The fraction of sp³-hybridized carbons (Fsp3) is 0.588. The second-order valence-corrected chi connectivity index (χ2v) is 6.90. The van der Waals surface area contributed by atoms with E-state index in [9.17, 15) is 4.79 Å². The van der Waals surface area contributed by atoms with Gasteiger partial charge in [0.25, 0.3) is 5.91 Å². The molecule has 0 aliphatic rings. The van der Waals surface area contributed by atoms with Crippen LogP contribution < -0.4 is 5.73 Å². The number of anilines is 1. The van der Waals surface area contributed by atoms with Crippen molar-refractivity contribution in [2.45, 2.75) is 53.5 Å². The van der Waals surface area contributed by atoms with Crippen LogP contribution in [0.15, 0.2) is 16.6 Å². The molecule has 0 fully saturated rings. The van der Waals surface area contributed by atoms with Gasteiger partial charge in [-0.15, -0.1) is 0 Å². The van der Waals surface area contributed by atoms with Crippen LogP contribution in [-0.2, 0) is 0 Å². The summed E-state index contributed by atoms with van der Waals surface area (Å²) in [5.74, 6) is 0.530. The Labute approximate surface area is 137 Å². The number of carbonyl (C=O) groups excluding carboxylic acids is 1. The summed E-state index contributed by atoms with van der Waals surface area (Å²) in [6.45, 7) is 11.2. The Balaban J connectivity index is 3.22. The van der Waals surface area contributed by atoms with E-state index < -0.39 is 0 Å². The van der Waals surface area contributed by atoms with E-state index >= 15 is 0 Å². The van der Waals surface area contributed by atoms with E-state index in [0.717, 1.165) is 29.4 Å². The van der Waals surface area contributed by atoms with Gasteiger partial charge in [-0.2, -0.15) is 0 Å². The summed E-state index contributed by atoms with van der Waals surface area (Å²) in [6, 6.07) is 4.00. The quantitative estimate of drug-likeness (QED) is 0.757. The van der Waals surface area contributed by atoms with Gasteiger partial charge in [-0.3, -0.25) is 4.79 Å². The Morgan fingerprint density at radius 1 is 1.29 bits per heavy atom. The molecule has 4 heteroatoms. The van der Waals surface area contributed by atoms with Crippen LogP contribution in [0.3, 0.4) is 0 Å². The zero-order chi connectivity index (χ0) is 16.2. The number of nitrogens with zero attached hydrogens (tertiary/aromatic N) is 1. The molecule has 2 N–H and O–H groups in total. The SMILES string of the molecule is CCC(CC)N(CC(C)C)C(=O)c1cc(Br)cc(N)c1C. The maximum atomic E-state index is 13.0. The van der Waals surface area contributed by atoms with Gasteiger partial charge in [0, 0.05) is 28.3 Å². The van der Waals surface area contributed by atoms with Crippen LogP contribution in [0.25, 0.3) is 0 Å². The number of nitrogen functional groups attached to an aromatic ring is 1. The Morgan fingerprint density at radius 2 is 1.86 bits per heavy atom. The van der Waals surface area contributed by atoms with Crippen molar-refractivity contribution in [2.75, 3.05) is 12.3 Å². The van der Waals surface area contributed by atoms with Gasteiger partial charge < -0.3 is 10.6 Å². The van der Waals surface area contributed by atoms with Crippen molar-refractivity contribution in [2.24, 2.45) is 5.92 Å². The standard InChI is InChI=1S/C17H27BrN2O/c1-6-14(7-2)20(10-11(3)4)17(21)15-8-13(18)9-16(19)12(15)5/h8-9,11,14H,6-7,10,19H2,1-5H3. The van der Waals surface area contributed by atoms with Crippen LogP contribution in [0.5, 0.6) is 0 Å². The third-order valence-corrected chi connectivity index (χ3v) is 4.31. The number of amides is 1. The summed E-state index contributed by atoms with van der Waals surface area (Å²) in [4.78, 5) is 15.0. The highest BCUT2D eigenvalue weighted by atomic mass is 79.9. The minimum absolute atomic E-state index is 0.0860. The van der Waals surface area contributed by atoms with Gasteiger partial charge >= 0.3 is 0 Å². The Kier molecular flexibility index (Phi) is 6.72. The molecule has 0 saturated heterocycles. The molecule has 0 aliphatic heterocycles. The third-order valence-electron chi connectivity index (χ3n) is 3.85. The minimum Gasteiger partial charge on any atom is -0.398 e. The van der Waals surface area contributed by atoms with Crippen LogP contribution in [0.1, 0.15) is 56.5 Å². The maximum absolute atomic E-state index is 13.0. The van der Waals surface area contributed by atoms with E-state index in [-0.39, 0.29) is 11.9 Å². The van der Waals surface area contributed by atoms with E-state index in [1.54, 1.807) is 0 Å². The average Bonchev–Trinajstić information content (AvgIpc) is 2.41. The van der Waals surface area contributed by atoms with Crippen molar-refractivity contribution in [3.8, 4) is 0 Å². The smallest absolute Gasteiger partial charge is 0.254 e. The van der Waals surface area contributed by atoms with Crippen molar-refractivity contribution in [1.29, 1.82) is 0 Å². The largest absolute Gasteiger partial charge is 0.398 e. The first-order valence-electron chi connectivity index (χ1n) is 7.68.